The van der Waals surface area contributed by atoms with Crippen LogP contribution >= 0.6 is 0 Å². The number of hydrogen-bond acceptors (Lipinski definition) is 7. The van der Waals surface area contributed by atoms with Crippen molar-refractivity contribution in [2.45, 2.75) is 26.0 Å². The van der Waals surface area contributed by atoms with Gasteiger partial charge < -0.3 is 19.6 Å². The number of carbonyl (C=O) groups is 2. The van der Waals surface area contributed by atoms with Crippen molar-refractivity contribution in [1.82, 2.24) is 9.80 Å². The summed E-state index contributed by atoms with van der Waals surface area (Å²) in [5, 5.41) is 22.1. The lowest BCUT2D eigenvalue weighted by molar-refractivity contribution is -0.384. The van der Waals surface area contributed by atoms with Crippen LogP contribution in [0.5, 0.6) is 5.75 Å². The van der Waals surface area contributed by atoms with Crippen molar-refractivity contribution in [1.29, 1.82) is 0 Å². The second-order valence-electron chi connectivity index (χ2n) is 8.34. The number of nitro groups is 1. The van der Waals surface area contributed by atoms with E-state index in [-0.39, 0.29) is 29.7 Å². The molecule has 9 heteroatoms. The molecule has 33 heavy (non-hydrogen) atoms. The first-order valence-corrected chi connectivity index (χ1v) is 10.5. The van der Waals surface area contributed by atoms with Gasteiger partial charge in [0.2, 0.25) is 0 Å². The number of likely N-dealkylation sites (N-methyl/N-ethyl adjacent to an activating group) is 1. The van der Waals surface area contributed by atoms with Crippen molar-refractivity contribution >= 4 is 23.1 Å². The van der Waals surface area contributed by atoms with E-state index in [0.717, 1.165) is 0 Å². The molecule has 0 radical (unpaired) electrons. The van der Waals surface area contributed by atoms with Crippen LogP contribution in [0.1, 0.15) is 31.0 Å². The Balaban J connectivity index is 2.08. The fraction of sp³-hybridized carbons (Fsp3) is 0.333. The van der Waals surface area contributed by atoms with Gasteiger partial charge in [-0.25, -0.2) is 0 Å². The van der Waals surface area contributed by atoms with E-state index >= 15 is 0 Å². The topological polar surface area (TPSA) is 113 Å². The van der Waals surface area contributed by atoms with Gasteiger partial charge in [-0.1, -0.05) is 0 Å². The summed E-state index contributed by atoms with van der Waals surface area (Å²) in [7, 11) is 3.69. The van der Waals surface area contributed by atoms with Crippen molar-refractivity contribution in [3.8, 4) is 5.75 Å². The van der Waals surface area contributed by atoms with Crippen LogP contribution in [-0.2, 0) is 9.59 Å². The van der Waals surface area contributed by atoms with Gasteiger partial charge in [0, 0.05) is 30.8 Å². The first-order chi connectivity index (χ1) is 15.6. The van der Waals surface area contributed by atoms with E-state index in [0.29, 0.717) is 23.4 Å². The van der Waals surface area contributed by atoms with Gasteiger partial charge in [-0.05, 0) is 69.9 Å². The third kappa shape index (κ3) is 5.20. The number of ketones is 1. The average Bonchev–Trinajstić information content (AvgIpc) is 3.02. The molecule has 0 aliphatic carbocycles. The molecule has 1 aliphatic heterocycles. The Morgan fingerprint density at radius 2 is 1.73 bits per heavy atom. The predicted molar refractivity (Wildman–Crippen MR) is 123 cm³/mol. The standard InChI is InChI=1S/C24H27N3O6/c1-15(2)33-19-11-7-17(8-12-19)22(28)20-21(16-5-9-18(10-6-16)27(31)32)26(14-13-25(3)4)24(30)23(20)29/h5-12,15,21,28H,13-14H2,1-4H3/b22-20-. The minimum Gasteiger partial charge on any atom is -0.507 e. The molecule has 1 amide bonds. The molecule has 1 fully saturated rings. The zero-order valence-electron chi connectivity index (χ0n) is 19.0. The number of aliphatic hydroxyl groups is 1. The maximum absolute atomic E-state index is 13.0. The summed E-state index contributed by atoms with van der Waals surface area (Å²) in [6.07, 6.45) is -0.0198. The Hall–Kier alpha value is -3.72. The van der Waals surface area contributed by atoms with Crippen LogP contribution in [0.2, 0.25) is 0 Å². The number of Topliss-reactive ketones (excluding diaryl/α,β-unsaturated/α-hetero) is 1. The zero-order valence-corrected chi connectivity index (χ0v) is 19.0. The number of non-ortho nitro benzene ring substituents is 1. The Morgan fingerprint density at radius 3 is 2.24 bits per heavy atom. The minimum atomic E-state index is -0.864. The summed E-state index contributed by atoms with van der Waals surface area (Å²) in [5.41, 5.74) is 0.707. The molecule has 1 saturated heterocycles. The van der Waals surface area contributed by atoms with Crippen LogP contribution in [0.3, 0.4) is 0 Å². The smallest absolute Gasteiger partial charge is 0.295 e. The van der Waals surface area contributed by atoms with Crippen LogP contribution in [0.15, 0.2) is 54.1 Å². The number of likely N-dealkylation sites (tertiary alicyclic amines) is 1. The number of hydrogen-bond donors (Lipinski definition) is 1. The number of nitrogens with zero attached hydrogens (tertiary/aromatic N) is 3. The van der Waals surface area contributed by atoms with Crippen molar-refractivity contribution in [2.75, 3.05) is 27.2 Å². The molecule has 0 aromatic heterocycles. The average molecular weight is 453 g/mol. The van der Waals surface area contributed by atoms with E-state index in [9.17, 15) is 24.8 Å². The molecule has 1 aliphatic rings. The van der Waals surface area contributed by atoms with Gasteiger partial charge in [0.1, 0.15) is 11.5 Å². The van der Waals surface area contributed by atoms with Crippen LogP contribution in [0.25, 0.3) is 5.76 Å². The van der Waals surface area contributed by atoms with Crippen molar-refractivity contribution in [3.05, 3.63) is 75.3 Å². The maximum atomic E-state index is 13.0. The molecule has 1 N–H and O–H groups in total. The van der Waals surface area contributed by atoms with Gasteiger partial charge in [-0.3, -0.25) is 19.7 Å². The third-order valence-corrected chi connectivity index (χ3v) is 5.25. The molecule has 1 atom stereocenters. The third-order valence-electron chi connectivity index (χ3n) is 5.25. The number of aliphatic hydroxyl groups excluding tert-OH is 1. The van der Waals surface area contributed by atoms with Crippen LogP contribution < -0.4 is 4.74 Å². The number of nitro benzene ring substituents is 1. The van der Waals surface area contributed by atoms with Crippen LogP contribution in [0, 0.1) is 10.1 Å². The van der Waals surface area contributed by atoms with Crippen molar-refractivity contribution in [3.63, 3.8) is 0 Å². The molecular weight excluding hydrogens is 426 g/mol. The number of ether oxygens (including phenoxy) is 1. The molecule has 9 nitrogen and oxygen atoms in total. The highest BCUT2D eigenvalue weighted by molar-refractivity contribution is 6.46. The van der Waals surface area contributed by atoms with Gasteiger partial charge in [0.05, 0.1) is 22.6 Å². The Morgan fingerprint density at radius 1 is 1.12 bits per heavy atom. The summed E-state index contributed by atoms with van der Waals surface area (Å²) in [5.74, 6) is -1.21. The summed E-state index contributed by atoms with van der Waals surface area (Å²) >= 11 is 0. The van der Waals surface area contributed by atoms with Crippen molar-refractivity contribution in [2.24, 2.45) is 0 Å². The van der Waals surface area contributed by atoms with E-state index in [4.69, 9.17) is 4.74 Å². The van der Waals surface area contributed by atoms with E-state index < -0.39 is 22.7 Å². The van der Waals surface area contributed by atoms with E-state index in [1.54, 1.807) is 24.3 Å². The lowest BCUT2D eigenvalue weighted by Gasteiger charge is -2.26. The molecule has 2 aromatic carbocycles. The second kappa shape index (κ2) is 9.83. The first-order valence-electron chi connectivity index (χ1n) is 10.5. The van der Waals surface area contributed by atoms with E-state index in [1.165, 1.54) is 29.2 Å². The first kappa shape index (κ1) is 23.9. The molecular formula is C24H27N3O6. The molecule has 1 heterocycles. The monoisotopic (exact) mass is 453 g/mol. The second-order valence-corrected chi connectivity index (χ2v) is 8.34. The quantitative estimate of drug-likeness (QED) is 0.214. The summed E-state index contributed by atoms with van der Waals surface area (Å²) in [4.78, 5) is 39.7. The predicted octanol–water partition coefficient (Wildman–Crippen LogP) is 3.37. The van der Waals surface area contributed by atoms with E-state index in [1.807, 2.05) is 32.8 Å². The van der Waals surface area contributed by atoms with Crippen LogP contribution in [-0.4, -0.2) is 64.8 Å². The molecule has 3 rings (SSSR count). The number of rotatable bonds is 8. The number of benzene rings is 2. The Labute approximate surface area is 192 Å². The molecule has 0 saturated carbocycles. The molecule has 0 bridgehead atoms. The lowest BCUT2D eigenvalue weighted by Crippen LogP contribution is -2.35. The van der Waals surface area contributed by atoms with Gasteiger partial charge >= 0.3 is 0 Å². The van der Waals surface area contributed by atoms with E-state index in [2.05, 4.69) is 0 Å². The summed E-state index contributed by atoms with van der Waals surface area (Å²) in [6, 6.07) is 11.4. The normalized spacial score (nSPS) is 17.8. The molecule has 1 unspecified atom stereocenters. The lowest BCUT2D eigenvalue weighted by atomic mass is 9.95. The fourth-order valence-corrected chi connectivity index (χ4v) is 3.66. The molecule has 0 spiro atoms. The fourth-order valence-electron chi connectivity index (χ4n) is 3.66. The highest BCUT2D eigenvalue weighted by Crippen LogP contribution is 2.39. The minimum absolute atomic E-state index is 0.0198. The number of carbonyl (C=O) groups excluding carboxylic acids is 2. The van der Waals surface area contributed by atoms with Gasteiger partial charge in [0.25, 0.3) is 17.4 Å². The highest BCUT2D eigenvalue weighted by Gasteiger charge is 2.46. The van der Waals surface area contributed by atoms with Crippen molar-refractivity contribution < 1.29 is 24.4 Å². The molecule has 2 aromatic rings. The summed E-state index contributed by atoms with van der Waals surface area (Å²) < 4.78 is 5.62. The van der Waals surface area contributed by atoms with Gasteiger partial charge in [-0.15, -0.1) is 0 Å². The maximum Gasteiger partial charge on any atom is 0.295 e. The Kier molecular flexibility index (Phi) is 7.13. The van der Waals surface area contributed by atoms with Gasteiger partial charge in [-0.2, -0.15) is 0 Å². The van der Waals surface area contributed by atoms with Gasteiger partial charge in [0.15, 0.2) is 0 Å². The highest BCUT2D eigenvalue weighted by atomic mass is 16.6. The zero-order chi connectivity index (χ0) is 24.3. The number of amides is 1. The SMILES string of the molecule is CC(C)Oc1ccc(/C(O)=C2/C(=O)C(=O)N(CCN(C)C)C2c2ccc([N+](=O)[O-])cc2)cc1. The largest absolute Gasteiger partial charge is 0.507 e. The Bertz CT molecular complexity index is 1070. The van der Waals surface area contributed by atoms with Crippen LogP contribution in [0.4, 0.5) is 5.69 Å². The summed E-state index contributed by atoms with van der Waals surface area (Å²) in [6.45, 7) is 4.54. The molecule has 174 valence electrons.